The Bertz CT molecular complexity index is 1710. The molecule has 0 bridgehead atoms. The first-order chi connectivity index (χ1) is 21.1. The van der Waals surface area contributed by atoms with Crippen LogP contribution in [0.3, 0.4) is 0 Å². The first-order valence-corrected chi connectivity index (χ1v) is 23.5. The summed E-state index contributed by atoms with van der Waals surface area (Å²) in [5, 5.41) is 5.47. The molecule has 44 heavy (non-hydrogen) atoms. The van der Waals surface area contributed by atoms with Crippen LogP contribution in [-0.2, 0) is 20.8 Å². The van der Waals surface area contributed by atoms with Crippen LogP contribution in [-0.4, -0.2) is 9.52 Å². The third-order valence-electron chi connectivity index (χ3n) is 7.66. The van der Waals surface area contributed by atoms with Gasteiger partial charge in [-0.05, 0) is 28.5 Å². The van der Waals surface area contributed by atoms with Crippen molar-refractivity contribution in [1.29, 1.82) is 0 Å². The Kier molecular flexibility index (Phi) is 14.9. The van der Waals surface area contributed by atoms with Crippen molar-refractivity contribution in [3.05, 3.63) is 131 Å². The van der Waals surface area contributed by atoms with Crippen molar-refractivity contribution in [2.75, 3.05) is 0 Å². The van der Waals surface area contributed by atoms with E-state index in [0.717, 1.165) is 9.52 Å². The molecule has 4 heteroatoms. The Balaban J connectivity index is 0.000000205. The number of hydrogen-bond acceptors (Lipinski definition) is 0. The van der Waals surface area contributed by atoms with Crippen molar-refractivity contribution in [3.63, 3.8) is 0 Å². The van der Waals surface area contributed by atoms with Gasteiger partial charge in [-0.2, -0.15) is 12.1 Å². The van der Waals surface area contributed by atoms with E-state index >= 15 is 0 Å². The molecule has 0 atom stereocenters. The molecule has 0 N–H and O–H groups in total. The Hall–Kier alpha value is -2.22. The van der Waals surface area contributed by atoms with Crippen LogP contribution in [0.25, 0.3) is 43.8 Å². The van der Waals surface area contributed by atoms with E-state index in [1.54, 1.807) is 0 Å². The van der Waals surface area contributed by atoms with Crippen LogP contribution in [0.2, 0.25) is 13.1 Å². The second-order valence-corrected chi connectivity index (χ2v) is 16.5. The molecule has 0 saturated carbocycles. The van der Waals surface area contributed by atoms with E-state index in [9.17, 15) is 0 Å². The number of hydrogen-bond donors (Lipinski definition) is 0. The third-order valence-corrected chi connectivity index (χ3v) is 7.66. The van der Waals surface area contributed by atoms with Crippen molar-refractivity contribution < 1.29 is 20.8 Å². The van der Waals surface area contributed by atoms with Crippen molar-refractivity contribution in [2.24, 2.45) is 0 Å². The average molecular weight is 715 g/mol. The molecule has 6 aromatic carbocycles. The van der Waals surface area contributed by atoms with Crippen LogP contribution in [0.4, 0.5) is 0 Å². The molecule has 6 aromatic rings. The quantitative estimate of drug-likeness (QED) is 0.126. The molecular formula is C40H44Cl2SiZr. The van der Waals surface area contributed by atoms with Crippen molar-refractivity contribution >= 4 is 48.1 Å². The van der Waals surface area contributed by atoms with Gasteiger partial charge in [0.15, 0.2) is 0 Å². The van der Waals surface area contributed by atoms with Gasteiger partial charge in [-0.3, -0.25) is 0 Å². The van der Waals surface area contributed by atoms with E-state index < -0.39 is 20.8 Å². The standard InChI is InChI=1S/C20H21.C18H17.C2H6Si.2ClH.Zr/c1-13(2)16-6-8-17(9-7-16)18-10-5-15(4)19-11-14(3)12-20(18)19;1-13(2)16-11-15-9-6-10-17(18(15)12-16)14-7-4-3-5-8-14;1-3-2;;;/h5-13H,1-4H3;3-13H,1-2H3;1-2H3;2*1H;/q2*-1;;;;+4/p-2. The summed E-state index contributed by atoms with van der Waals surface area (Å²) in [7, 11) is 11.0. The Morgan fingerprint density at radius 1 is 0.636 bits per heavy atom. The molecule has 0 aliphatic rings. The zero-order chi connectivity index (χ0) is 32.2. The fraction of sp³-hybridized carbons (Fsp3) is 0.250. The molecule has 6 rings (SSSR count). The van der Waals surface area contributed by atoms with Crippen LogP contribution in [0, 0.1) is 13.8 Å². The molecule has 0 aliphatic heterocycles. The van der Waals surface area contributed by atoms with Crippen LogP contribution >= 0.6 is 17.0 Å². The van der Waals surface area contributed by atoms with Crippen molar-refractivity contribution in [1.82, 2.24) is 0 Å². The molecule has 0 aromatic heterocycles. The molecule has 0 amide bonds. The normalized spacial score (nSPS) is 10.5. The first-order valence-electron chi connectivity index (χ1n) is 15.2. The predicted molar refractivity (Wildman–Crippen MR) is 197 cm³/mol. The summed E-state index contributed by atoms with van der Waals surface area (Å²) in [6.07, 6.45) is 0. The fourth-order valence-electron chi connectivity index (χ4n) is 5.35. The summed E-state index contributed by atoms with van der Waals surface area (Å²) < 4.78 is 0. The van der Waals surface area contributed by atoms with Crippen LogP contribution in [0.5, 0.6) is 0 Å². The SMILES string of the molecule is CC(C)c1cc2c(-c3ccccc3)cccc2[cH-]1.C[Si]C.Cc1cc2c(-c3ccc(C(C)C)cc3)ccc(C)c2[cH-]1.[Cl][Zr+2][Cl]. The minimum absolute atomic E-state index is 0.584. The number of fused-ring (bicyclic) bond motifs is 2. The van der Waals surface area contributed by atoms with Gasteiger partial charge in [-0.25, -0.2) is 0 Å². The zero-order valence-corrected chi connectivity index (χ0v) is 32.3. The fourth-order valence-corrected chi connectivity index (χ4v) is 5.35. The molecule has 226 valence electrons. The second kappa shape index (κ2) is 18.1. The van der Waals surface area contributed by atoms with Gasteiger partial charge in [0, 0.05) is 9.52 Å². The van der Waals surface area contributed by atoms with Gasteiger partial charge >= 0.3 is 37.9 Å². The van der Waals surface area contributed by atoms with E-state index in [-0.39, 0.29) is 0 Å². The molecule has 2 radical (unpaired) electrons. The van der Waals surface area contributed by atoms with Gasteiger partial charge in [0.05, 0.1) is 0 Å². The van der Waals surface area contributed by atoms with Crippen LogP contribution < -0.4 is 0 Å². The molecular weight excluding hydrogens is 671 g/mol. The summed E-state index contributed by atoms with van der Waals surface area (Å²) in [5.74, 6) is 1.17. The Labute approximate surface area is 287 Å². The van der Waals surface area contributed by atoms with Gasteiger partial charge in [0.25, 0.3) is 0 Å². The predicted octanol–water partition coefficient (Wildman–Crippen LogP) is 13.5. The summed E-state index contributed by atoms with van der Waals surface area (Å²) in [5.41, 5.74) is 10.8. The van der Waals surface area contributed by atoms with Gasteiger partial charge in [0.1, 0.15) is 0 Å². The first kappa shape index (κ1) is 36.3. The molecule has 0 fully saturated rings. The maximum atomic E-state index is 4.93. The molecule has 0 spiro atoms. The summed E-state index contributed by atoms with van der Waals surface area (Å²) in [4.78, 5) is 0. The summed E-state index contributed by atoms with van der Waals surface area (Å²) in [6.45, 7) is 17.6. The maximum absolute atomic E-state index is 4.93. The number of rotatable bonds is 4. The van der Waals surface area contributed by atoms with E-state index in [0.29, 0.717) is 11.8 Å². The molecule has 0 aliphatic carbocycles. The van der Waals surface area contributed by atoms with E-state index in [4.69, 9.17) is 17.0 Å². The van der Waals surface area contributed by atoms with E-state index in [1.165, 1.54) is 66.1 Å². The van der Waals surface area contributed by atoms with E-state index in [2.05, 4.69) is 164 Å². The number of halogens is 2. The topological polar surface area (TPSA) is 0 Å². The average Bonchev–Trinajstić information content (AvgIpc) is 3.63. The van der Waals surface area contributed by atoms with Crippen LogP contribution in [0.1, 0.15) is 61.8 Å². The molecule has 0 nitrogen and oxygen atoms in total. The van der Waals surface area contributed by atoms with Gasteiger partial charge < -0.3 is 0 Å². The molecule has 0 unspecified atom stereocenters. The van der Waals surface area contributed by atoms with Crippen molar-refractivity contribution in [3.8, 4) is 22.3 Å². The monoisotopic (exact) mass is 712 g/mol. The van der Waals surface area contributed by atoms with Gasteiger partial charge in [-0.15, -0.1) is 68.6 Å². The summed E-state index contributed by atoms with van der Waals surface area (Å²) >= 11 is -0.826. The third kappa shape index (κ3) is 9.64. The van der Waals surface area contributed by atoms with Gasteiger partial charge in [0.2, 0.25) is 0 Å². The van der Waals surface area contributed by atoms with Crippen molar-refractivity contribution in [2.45, 2.75) is 66.5 Å². The number of benzene rings is 4. The number of aryl methyl sites for hydroxylation is 2. The van der Waals surface area contributed by atoms with Crippen LogP contribution in [0.15, 0.2) is 109 Å². The Morgan fingerprint density at radius 2 is 1.23 bits per heavy atom. The van der Waals surface area contributed by atoms with Gasteiger partial charge in [-0.1, -0.05) is 132 Å². The zero-order valence-electron chi connectivity index (χ0n) is 27.3. The summed E-state index contributed by atoms with van der Waals surface area (Å²) in [6, 6.07) is 39.9. The molecule has 0 heterocycles. The van der Waals surface area contributed by atoms with E-state index in [1.807, 2.05) is 0 Å². The second-order valence-electron chi connectivity index (χ2n) is 11.8. The molecule has 0 saturated heterocycles. The Morgan fingerprint density at radius 3 is 1.82 bits per heavy atom. The minimum atomic E-state index is -0.826.